The molecule has 0 saturated carbocycles. The molecule has 2 saturated heterocycles. The molecule has 0 spiro atoms. The van der Waals surface area contributed by atoms with Gasteiger partial charge in [-0.1, -0.05) is 30.3 Å². The average Bonchev–Trinajstić information content (AvgIpc) is 3.42. The van der Waals surface area contributed by atoms with Crippen LogP contribution in [-0.4, -0.2) is 52.5 Å². The molecule has 34 heavy (non-hydrogen) atoms. The fraction of sp³-hybridized carbons (Fsp3) is 0.400. The number of carbonyl (C=O) groups is 2. The number of ether oxygens (including phenoxy) is 1. The summed E-state index contributed by atoms with van der Waals surface area (Å²) in [6, 6.07) is 10.7. The molecule has 9 heteroatoms. The van der Waals surface area contributed by atoms with Crippen LogP contribution in [0.2, 0.25) is 0 Å². The average molecular weight is 471 g/mol. The second-order valence-corrected chi connectivity index (χ2v) is 8.93. The number of nitrogens with zero attached hydrogens (tertiary/aromatic N) is 3. The lowest BCUT2D eigenvalue weighted by molar-refractivity contribution is -0.135. The number of amides is 2. The van der Waals surface area contributed by atoms with Gasteiger partial charge in [-0.3, -0.25) is 9.59 Å². The lowest BCUT2D eigenvalue weighted by atomic mass is 10.0. The van der Waals surface area contributed by atoms with E-state index in [-0.39, 0.29) is 18.6 Å². The number of likely N-dealkylation sites (tertiary alicyclic amines) is 2. The number of rotatable bonds is 5. The zero-order valence-corrected chi connectivity index (χ0v) is 18.6. The van der Waals surface area contributed by atoms with Gasteiger partial charge in [-0.15, -0.1) is 0 Å². The van der Waals surface area contributed by atoms with Crippen LogP contribution >= 0.6 is 0 Å². The van der Waals surface area contributed by atoms with Crippen molar-refractivity contribution >= 4 is 11.8 Å². The van der Waals surface area contributed by atoms with Crippen molar-refractivity contribution in [1.29, 1.82) is 5.26 Å². The zero-order valence-electron chi connectivity index (χ0n) is 18.6. The molecule has 2 aromatic carbocycles. The van der Waals surface area contributed by atoms with E-state index in [1.54, 1.807) is 30.3 Å². The van der Waals surface area contributed by atoms with Gasteiger partial charge in [0.2, 0.25) is 5.91 Å². The highest BCUT2D eigenvalue weighted by Gasteiger charge is 2.49. The Hall–Kier alpha value is -3.54. The summed E-state index contributed by atoms with van der Waals surface area (Å²) in [5, 5.41) is 9.29. The van der Waals surface area contributed by atoms with E-state index in [0.717, 1.165) is 17.0 Å². The standard InChI is InChI=1S/C25H24F3N3O3/c1-25(28)12-21(24(33)30-9-5-8-18(30)13-29)31(15-25)23(32)17-10-19(26)22(20(27)11-17)34-14-16-6-3-2-4-7-16/h2-4,6-7,10-11,18,21H,5,8-9,12,14-15H2,1H3/t18-,21-,25-/m0/s1. The third-order valence-corrected chi connectivity index (χ3v) is 6.20. The van der Waals surface area contributed by atoms with Gasteiger partial charge < -0.3 is 14.5 Å². The van der Waals surface area contributed by atoms with Gasteiger partial charge in [-0.2, -0.15) is 5.26 Å². The van der Waals surface area contributed by atoms with E-state index in [9.17, 15) is 28.0 Å². The summed E-state index contributed by atoms with van der Waals surface area (Å²) in [5.74, 6) is -4.16. The van der Waals surface area contributed by atoms with E-state index in [4.69, 9.17) is 4.74 Å². The molecule has 0 bridgehead atoms. The molecule has 2 aliphatic heterocycles. The molecule has 2 amide bonds. The molecule has 4 rings (SSSR count). The van der Waals surface area contributed by atoms with E-state index in [1.165, 1.54) is 11.8 Å². The summed E-state index contributed by atoms with van der Waals surface area (Å²) in [4.78, 5) is 28.6. The molecule has 2 aromatic rings. The molecular formula is C25H24F3N3O3. The number of carbonyl (C=O) groups excluding carboxylic acids is 2. The number of nitriles is 1. The first kappa shape index (κ1) is 23.6. The Morgan fingerprint density at radius 1 is 1.18 bits per heavy atom. The normalized spacial score (nSPS) is 24.2. The molecule has 0 N–H and O–H groups in total. The van der Waals surface area contributed by atoms with Gasteiger partial charge in [0, 0.05) is 18.5 Å². The Morgan fingerprint density at radius 2 is 1.85 bits per heavy atom. The zero-order chi connectivity index (χ0) is 24.5. The molecule has 0 aliphatic carbocycles. The molecular weight excluding hydrogens is 447 g/mol. The maximum Gasteiger partial charge on any atom is 0.254 e. The van der Waals surface area contributed by atoms with Gasteiger partial charge in [0.1, 0.15) is 24.4 Å². The Labute approximate surface area is 195 Å². The third kappa shape index (κ3) is 4.72. The summed E-state index contributed by atoms with van der Waals surface area (Å²) in [6.07, 6.45) is 0.893. The Morgan fingerprint density at radius 3 is 2.50 bits per heavy atom. The third-order valence-electron chi connectivity index (χ3n) is 6.20. The minimum atomic E-state index is -1.85. The van der Waals surface area contributed by atoms with Crippen molar-refractivity contribution in [2.45, 2.75) is 50.5 Å². The molecule has 0 radical (unpaired) electrons. The molecule has 178 valence electrons. The monoisotopic (exact) mass is 471 g/mol. The van der Waals surface area contributed by atoms with E-state index in [1.807, 2.05) is 0 Å². The van der Waals surface area contributed by atoms with Gasteiger partial charge in [0.15, 0.2) is 17.4 Å². The lowest BCUT2D eigenvalue weighted by Gasteiger charge is -2.29. The second-order valence-electron chi connectivity index (χ2n) is 8.93. The van der Waals surface area contributed by atoms with Crippen molar-refractivity contribution in [3.8, 4) is 11.8 Å². The highest BCUT2D eigenvalue weighted by atomic mass is 19.1. The number of hydrogen-bond acceptors (Lipinski definition) is 4. The van der Waals surface area contributed by atoms with Crippen LogP contribution in [-0.2, 0) is 11.4 Å². The maximum atomic E-state index is 14.9. The Bertz CT molecular complexity index is 1110. The van der Waals surface area contributed by atoms with Crippen LogP contribution in [0.25, 0.3) is 0 Å². The van der Waals surface area contributed by atoms with Crippen molar-refractivity contribution in [3.63, 3.8) is 0 Å². The van der Waals surface area contributed by atoms with Crippen molar-refractivity contribution in [2.24, 2.45) is 0 Å². The van der Waals surface area contributed by atoms with Gasteiger partial charge in [0.25, 0.3) is 5.91 Å². The summed E-state index contributed by atoms with van der Waals surface area (Å²) < 4.78 is 49.6. The van der Waals surface area contributed by atoms with Gasteiger partial charge in [-0.05, 0) is 37.5 Å². The molecule has 2 heterocycles. The summed E-state index contributed by atoms with van der Waals surface area (Å²) in [7, 11) is 0. The van der Waals surface area contributed by atoms with Crippen LogP contribution in [0, 0.1) is 23.0 Å². The van der Waals surface area contributed by atoms with Crippen molar-refractivity contribution in [2.75, 3.05) is 13.1 Å². The molecule has 6 nitrogen and oxygen atoms in total. The molecule has 2 aliphatic rings. The largest absolute Gasteiger partial charge is 0.483 e. The van der Waals surface area contributed by atoms with Crippen molar-refractivity contribution in [1.82, 2.24) is 9.80 Å². The van der Waals surface area contributed by atoms with Crippen LogP contribution in [0.5, 0.6) is 5.75 Å². The fourth-order valence-electron chi connectivity index (χ4n) is 4.55. The van der Waals surface area contributed by atoms with E-state index < -0.39 is 53.5 Å². The van der Waals surface area contributed by atoms with E-state index in [2.05, 4.69) is 6.07 Å². The topological polar surface area (TPSA) is 73.6 Å². The first-order valence-electron chi connectivity index (χ1n) is 11.1. The first-order valence-corrected chi connectivity index (χ1v) is 11.1. The van der Waals surface area contributed by atoms with Gasteiger partial charge >= 0.3 is 0 Å². The van der Waals surface area contributed by atoms with Crippen LogP contribution in [0.3, 0.4) is 0 Å². The maximum absolute atomic E-state index is 14.9. The van der Waals surface area contributed by atoms with Crippen LogP contribution < -0.4 is 4.74 Å². The molecule has 3 atom stereocenters. The quantitative estimate of drug-likeness (QED) is 0.661. The minimum absolute atomic E-state index is 0.0687. The SMILES string of the molecule is C[C@]1(F)C[C@@H](C(=O)N2CCC[C@H]2C#N)N(C(=O)c2cc(F)c(OCc3ccccc3)c(F)c2)C1. The number of halogens is 3. The second kappa shape index (κ2) is 9.37. The predicted octanol–water partition coefficient (Wildman–Crippen LogP) is 4.00. The first-order chi connectivity index (χ1) is 16.2. The number of alkyl halides is 1. The number of benzene rings is 2. The van der Waals surface area contributed by atoms with Crippen LogP contribution in [0.15, 0.2) is 42.5 Å². The van der Waals surface area contributed by atoms with Crippen molar-refractivity contribution in [3.05, 3.63) is 65.2 Å². The molecule has 0 unspecified atom stereocenters. The molecule has 2 fully saturated rings. The fourth-order valence-corrected chi connectivity index (χ4v) is 4.55. The van der Waals surface area contributed by atoms with Gasteiger partial charge in [0.05, 0.1) is 12.6 Å². The summed E-state index contributed by atoms with van der Waals surface area (Å²) >= 11 is 0. The van der Waals surface area contributed by atoms with E-state index >= 15 is 0 Å². The van der Waals surface area contributed by atoms with E-state index in [0.29, 0.717) is 24.9 Å². The predicted molar refractivity (Wildman–Crippen MR) is 116 cm³/mol. The minimum Gasteiger partial charge on any atom is -0.483 e. The van der Waals surface area contributed by atoms with Gasteiger partial charge in [-0.25, -0.2) is 13.2 Å². The summed E-state index contributed by atoms with van der Waals surface area (Å²) in [5.41, 5.74) is -1.50. The van der Waals surface area contributed by atoms with Crippen LogP contribution in [0.1, 0.15) is 42.1 Å². The van der Waals surface area contributed by atoms with Crippen molar-refractivity contribution < 1.29 is 27.5 Å². The van der Waals surface area contributed by atoms with Crippen LogP contribution in [0.4, 0.5) is 13.2 Å². The highest BCUT2D eigenvalue weighted by Crippen LogP contribution is 2.35. The Balaban J connectivity index is 1.55. The smallest absolute Gasteiger partial charge is 0.254 e. The molecule has 0 aromatic heterocycles. The number of hydrogen-bond donors (Lipinski definition) is 0. The highest BCUT2D eigenvalue weighted by molar-refractivity contribution is 5.98. The Kier molecular flexibility index (Phi) is 6.51. The lowest BCUT2D eigenvalue weighted by Crippen LogP contribution is -2.49. The summed E-state index contributed by atoms with van der Waals surface area (Å²) in [6.45, 7) is 1.15.